The molecule has 0 saturated carbocycles. The van der Waals surface area contributed by atoms with Crippen molar-refractivity contribution in [3.8, 4) is 12.8 Å². The Morgan fingerprint density at radius 2 is 1.08 bits per heavy atom. The zero-order valence-electron chi connectivity index (χ0n) is 14.6. The number of aromatic nitrogens is 2. The third-order valence-electron chi connectivity index (χ3n) is 3.18. The third-order valence-corrected chi connectivity index (χ3v) is 3.18. The number of hydrogen-bond acceptors (Lipinski definition) is 4. The SMILES string of the molecule is C#C.C/C(=C\C=C(/C)C(=O)Nc1ccncc1)C(=O)Nc1ccncc1. The largest absolute Gasteiger partial charge is 0.322 e. The molecule has 0 bridgehead atoms. The van der Waals surface area contributed by atoms with Crippen LogP contribution in [0.3, 0.4) is 0 Å². The summed E-state index contributed by atoms with van der Waals surface area (Å²) in [6.45, 7) is 3.36. The molecule has 0 aliphatic rings. The molecule has 6 heteroatoms. The number of nitrogens with zero attached hydrogens (tertiary/aromatic N) is 2. The molecule has 0 aliphatic carbocycles. The summed E-state index contributed by atoms with van der Waals surface area (Å²) >= 11 is 0. The normalized spacial score (nSPS) is 10.9. The lowest BCUT2D eigenvalue weighted by atomic mass is 10.2. The van der Waals surface area contributed by atoms with E-state index in [2.05, 4.69) is 33.4 Å². The Labute approximate surface area is 153 Å². The van der Waals surface area contributed by atoms with Crippen LogP contribution >= 0.6 is 0 Å². The number of nitrogens with one attached hydrogen (secondary N) is 2. The number of terminal acetylenes is 1. The van der Waals surface area contributed by atoms with Crippen molar-refractivity contribution in [1.29, 1.82) is 0 Å². The van der Waals surface area contributed by atoms with Gasteiger partial charge in [-0.05, 0) is 38.1 Å². The molecule has 0 radical (unpaired) electrons. The Balaban J connectivity index is 0.00000163. The van der Waals surface area contributed by atoms with Crippen molar-refractivity contribution in [2.75, 3.05) is 10.6 Å². The van der Waals surface area contributed by atoms with Gasteiger partial charge in [0.2, 0.25) is 0 Å². The minimum atomic E-state index is -0.236. The van der Waals surface area contributed by atoms with Crippen LogP contribution in [-0.4, -0.2) is 21.8 Å². The van der Waals surface area contributed by atoms with Crippen molar-refractivity contribution < 1.29 is 9.59 Å². The molecule has 2 rings (SSSR count). The number of pyridine rings is 2. The monoisotopic (exact) mass is 348 g/mol. The van der Waals surface area contributed by atoms with Gasteiger partial charge in [-0.1, -0.05) is 12.2 Å². The highest BCUT2D eigenvalue weighted by Gasteiger charge is 2.06. The van der Waals surface area contributed by atoms with Crippen molar-refractivity contribution in [2.24, 2.45) is 0 Å². The number of hydrogen-bond donors (Lipinski definition) is 2. The standard InChI is InChI=1S/C18H18N4O2.C2H2/c1-13(17(23)21-15-5-9-19-10-6-15)3-4-14(2)18(24)22-16-7-11-20-12-8-16;1-2/h3-12H,1-2H3,(H,19,21,23)(H,20,22,24);1-2H/b13-3+,14-4+;. The summed E-state index contributed by atoms with van der Waals surface area (Å²) in [5, 5.41) is 5.50. The Morgan fingerprint density at radius 3 is 1.38 bits per heavy atom. The maximum Gasteiger partial charge on any atom is 0.251 e. The summed E-state index contributed by atoms with van der Waals surface area (Å²) in [6.07, 6.45) is 17.6. The van der Waals surface area contributed by atoms with Crippen LogP contribution in [0.15, 0.2) is 72.4 Å². The average Bonchev–Trinajstić information content (AvgIpc) is 2.68. The lowest BCUT2D eigenvalue weighted by Gasteiger charge is -2.05. The van der Waals surface area contributed by atoms with Gasteiger partial charge in [0.25, 0.3) is 11.8 Å². The zero-order valence-corrected chi connectivity index (χ0v) is 14.6. The second-order valence-corrected chi connectivity index (χ2v) is 5.08. The van der Waals surface area contributed by atoms with Gasteiger partial charge >= 0.3 is 0 Å². The molecule has 26 heavy (non-hydrogen) atoms. The van der Waals surface area contributed by atoms with Gasteiger partial charge in [-0.2, -0.15) is 0 Å². The molecule has 2 aromatic heterocycles. The molecule has 0 aromatic carbocycles. The van der Waals surface area contributed by atoms with E-state index < -0.39 is 0 Å². The van der Waals surface area contributed by atoms with E-state index in [1.165, 1.54) is 0 Å². The topological polar surface area (TPSA) is 84.0 Å². The first-order chi connectivity index (χ1) is 12.6. The number of anilines is 2. The van der Waals surface area contributed by atoms with Crippen LogP contribution in [0.4, 0.5) is 11.4 Å². The first-order valence-electron chi connectivity index (χ1n) is 7.67. The molecule has 0 aliphatic heterocycles. The van der Waals surface area contributed by atoms with Gasteiger partial charge in [0.15, 0.2) is 0 Å². The maximum absolute atomic E-state index is 12.0. The average molecular weight is 348 g/mol. The number of rotatable bonds is 5. The van der Waals surface area contributed by atoms with Crippen molar-refractivity contribution in [3.63, 3.8) is 0 Å². The van der Waals surface area contributed by atoms with Crippen molar-refractivity contribution in [3.05, 3.63) is 72.4 Å². The Kier molecular flexibility index (Phi) is 8.55. The molecular formula is C20H20N4O2. The fraction of sp³-hybridized carbons (Fsp3) is 0.100. The minimum Gasteiger partial charge on any atom is -0.322 e. The Bertz CT molecular complexity index is 742. The van der Waals surface area contributed by atoms with Gasteiger partial charge in [0.1, 0.15) is 0 Å². The van der Waals surface area contributed by atoms with Gasteiger partial charge in [-0.25, -0.2) is 0 Å². The van der Waals surface area contributed by atoms with E-state index in [9.17, 15) is 9.59 Å². The third kappa shape index (κ3) is 6.81. The summed E-state index contributed by atoms with van der Waals surface area (Å²) in [4.78, 5) is 31.9. The minimum absolute atomic E-state index is 0.236. The molecular weight excluding hydrogens is 328 g/mol. The molecule has 2 heterocycles. The fourth-order valence-electron chi connectivity index (χ4n) is 1.73. The predicted octanol–water partition coefficient (Wildman–Crippen LogP) is 3.20. The first-order valence-corrected chi connectivity index (χ1v) is 7.67. The van der Waals surface area contributed by atoms with E-state index in [1.54, 1.807) is 75.1 Å². The summed E-state index contributed by atoms with van der Waals surface area (Å²) in [7, 11) is 0. The van der Waals surface area contributed by atoms with E-state index in [1.807, 2.05) is 0 Å². The zero-order chi connectivity index (χ0) is 19.4. The lowest BCUT2D eigenvalue weighted by molar-refractivity contribution is -0.113. The van der Waals surface area contributed by atoms with Crippen molar-refractivity contribution in [2.45, 2.75) is 13.8 Å². The van der Waals surface area contributed by atoms with Gasteiger partial charge in [-0.15, -0.1) is 12.8 Å². The summed E-state index contributed by atoms with van der Waals surface area (Å²) in [5.41, 5.74) is 2.31. The van der Waals surface area contributed by atoms with Crippen molar-refractivity contribution in [1.82, 2.24) is 9.97 Å². The van der Waals surface area contributed by atoms with Crippen LogP contribution in [0.5, 0.6) is 0 Å². The molecule has 0 fully saturated rings. The van der Waals surface area contributed by atoms with Gasteiger partial charge in [0.05, 0.1) is 0 Å². The molecule has 0 spiro atoms. The summed E-state index contributed by atoms with van der Waals surface area (Å²) in [6, 6.07) is 6.81. The highest BCUT2D eigenvalue weighted by molar-refractivity contribution is 6.05. The van der Waals surface area contributed by atoms with E-state index in [0.29, 0.717) is 22.5 Å². The quantitative estimate of drug-likeness (QED) is 0.494. The van der Waals surface area contributed by atoms with Crippen molar-refractivity contribution >= 4 is 23.2 Å². The highest BCUT2D eigenvalue weighted by atomic mass is 16.2. The second-order valence-electron chi connectivity index (χ2n) is 5.08. The lowest BCUT2D eigenvalue weighted by Crippen LogP contribution is -2.13. The summed E-state index contributed by atoms with van der Waals surface area (Å²) < 4.78 is 0. The number of carbonyl (C=O) groups is 2. The van der Waals surface area contributed by atoms with Crippen LogP contribution in [0.25, 0.3) is 0 Å². The molecule has 6 nitrogen and oxygen atoms in total. The van der Waals surface area contributed by atoms with Crippen LogP contribution in [0.2, 0.25) is 0 Å². The molecule has 2 aromatic rings. The Hall–Kier alpha value is -3.72. The number of allylic oxidation sites excluding steroid dienone is 2. The highest BCUT2D eigenvalue weighted by Crippen LogP contribution is 2.08. The van der Waals surface area contributed by atoms with Crippen LogP contribution in [0, 0.1) is 12.8 Å². The molecule has 2 amide bonds. The van der Waals surface area contributed by atoms with Gasteiger partial charge < -0.3 is 10.6 Å². The van der Waals surface area contributed by atoms with Crippen LogP contribution in [-0.2, 0) is 9.59 Å². The fourth-order valence-corrected chi connectivity index (χ4v) is 1.73. The molecule has 2 N–H and O–H groups in total. The molecule has 0 saturated heterocycles. The first kappa shape index (κ1) is 20.3. The number of carbonyl (C=O) groups excluding carboxylic acids is 2. The maximum atomic E-state index is 12.0. The molecule has 0 atom stereocenters. The van der Waals surface area contributed by atoms with Crippen LogP contribution in [0.1, 0.15) is 13.8 Å². The van der Waals surface area contributed by atoms with E-state index in [0.717, 1.165) is 0 Å². The van der Waals surface area contributed by atoms with E-state index in [4.69, 9.17) is 0 Å². The Morgan fingerprint density at radius 1 is 0.769 bits per heavy atom. The smallest absolute Gasteiger partial charge is 0.251 e. The predicted molar refractivity (Wildman–Crippen MR) is 103 cm³/mol. The van der Waals surface area contributed by atoms with Gasteiger partial charge in [0, 0.05) is 47.3 Å². The number of amides is 2. The summed E-state index contributed by atoms with van der Waals surface area (Å²) in [5.74, 6) is -0.473. The van der Waals surface area contributed by atoms with Gasteiger partial charge in [-0.3, -0.25) is 19.6 Å². The van der Waals surface area contributed by atoms with E-state index >= 15 is 0 Å². The van der Waals surface area contributed by atoms with Crippen LogP contribution < -0.4 is 10.6 Å². The molecule has 132 valence electrons. The second kappa shape index (κ2) is 10.9. The van der Waals surface area contributed by atoms with E-state index in [-0.39, 0.29) is 11.8 Å². The molecule has 0 unspecified atom stereocenters.